The molecule has 4 nitrogen and oxygen atoms in total. The van der Waals surface area contributed by atoms with E-state index in [1.54, 1.807) is 0 Å². The van der Waals surface area contributed by atoms with Gasteiger partial charge in [-0.1, -0.05) is 85.8 Å². The van der Waals surface area contributed by atoms with Crippen LogP contribution in [0.1, 0.15) is 76.7 Å². The topological polar surface area (TPSA) is 66.8 Å². The number of hydrogen-bond donors (Lipinski definition) is 2. The first-order valence-corrected chi connectivity index (χ1v) is 13.0. The number of benzene rings is 1. The molecule has 1 aromatic rings. The fourth-order valence-electron chi connectivity index (χ4n) is 5.14. The van der Waals surface area contributed by atoms with Gasteiger partial charge in [-0.2, -0.15) is 0 Å². The molecule has 0 spiro atoms. The average molecular weight is 477 g/mol. The van der Waals surface area contributed by atoms with E-state index in [9.17, 15) is 9.90 Å². The Morgan fingerprint density at radius 1 is 1.14 bits per heavy atom. The van der Waals surface area contributed by atoms with Crippen LogP contribution in [-0.2, 0) is 9.53 Å². The smallest absolute Gasteiger partial charge is 0.329 e. The van der Waals surface area contributed by atoms with E-state index in [0.29, 0.717) is 6.61 Å². The summed E-state index contributed by atoms with van der Waals surface area (Å²) in [6.07, 6.45) is 20.5. The maximum atomic E-state index is 10.6. The predicted molar refractivity (Wildman–Crippen MR) is 141 cm³/mol. The van der Waals surface area contributed by atoms with Crippen LogP contribution in [0.25, 0.3) is 0 Å². The molecule has 188 valence electrons. The molecular weight excluding hydrogens is 436 g/mol. The Hall–Kier alpha value is -2.61. The molecule has 2 aliphatic rings. The van der Waals surface area contributed by atoms with Gasteiger partial charge in [0.15, 0.2) is 0 Å². The number of carbonyl (C=O) groups is 1. The van der Waals surface area contributed by atoms with Gasteiger partial charge in [-0.3, -0.25) is 0 Å². The van der Waals surface area contributed by atoms with E-state index in [2.05, 4.69) is 24.8 Å². The maximum Gasteiger partial charge on any atom is 0.329 e. The van der Waals surface area contributed by atoms with Crippen LogP contribution in [0.4, 0.5) is 0 Å². The quantitative estimate of drug-likeness (QED) is 0.166. The summed E-state index contributed by atoms with van der Waals surface area (Å²) >= 11 is 0. The first kappa shape index (κ1) is 27.0. The van der Waals surface area contributed by atoms with Crippen molar-refractivity contribution < 1.29 is 19.7 Å². The summed E-state index contributed by atoms with van der Waals surface area (Å²) in [6.45, 7) is 2.29. The molecule has 0 aromatic heterocycles. The third kappa shape index (κ3) is 8.84. The lowest BCUT2D eigenvalue weighted by atomic mass is 9.64. The van der Waals surface area contributed by atoms with Crippen LogP contribution >= 0.6 is 0 Å². The molecule has 0 radical (unpaired) electrons. The Morgan fingerprint density at radius 2 is 1.94 bits per heavy atom. The number of carboxylic acid groups (broad SMARTS) is 1. The van der Waals surface area contributed by atoms with Crippen molar-refractivity contribution >= 4 is 5.97 Å². The second kappa shape index (κ2) is 13.5. The van der Waals surface area contributed by atoms with Crippen molar-refractivity contribution in [2.24, 2.45) is 10.8 Å². The second-order valence-corrected chi connectivity index (χ2v) is 10.3. The molecule has 4 heteroatoms. The lowest BCUT2D eigenvalue weighted by Gasteiger charge is -2.41. The third-order valence-corrected chi connectivity index (χ3v) is 7.56. The first-order valence-electron chi connectivity index (χ1n) is 13.0. The van der Waals surface area contributed by atoms with Gasteiger partial charge in [0, 0.05) is 17.4 Å². The highest BCUT2D eigenvalue weighted by molar-refractivity contribution is 5.68. The molecule has 2 unspecified atom stereocenters. The lowest BCUT2D eigenvalue weighted by Crippen LogP contribution is -2.30. The number of aliphatic carboxylic acids is 1. The summed E-state index contributed by atoms with van der Waals surface area (Å²) in [4.78, 5) is 10.6. The summed E-state index contributed by atoms with van der Waals surface area (Å²) in [7, 11) is 0. The van der Waals surface area contributed by atoms with E-state index in [-0.39, 0.29) is 17.4 Å². The fraction of sp³-hybridized carbons (Fsp3) is 0.516. The van der Waals surface area contributed by atoms with Gasteiger partial charge in [0.1, 0.15) is 6.61 Å². The van der Waals surface area contributed by atoms with E-state index in [1.807, 2.05) is 54.6 Å². The summed E-state index contributed by atoms with van der Waals surface area (Å²) in [5, 5.41) is 19.3. The van der Waals surface area contributed by atoms with Crippen LogP contribution in [0.2, 0.25) is 0 Å². The van der Waals surface area contributed by atoms with Crippen LogP contribution in [0.15, 0.2) is 66.3 Å². The van der Waals surface area contributed by atoms with Crippen molar-refractivity contribution in [1.29, 1.82) is 0 Å². The van der Waals surface area contributed by atoms with Crippen molar-refractivity contribution in [3.05, 3.63) is 71.8 Å². The Labute approximate surface area is 210 Å². The maximum absolute atomic E-state index is 10.6. The van der Waals surface area contributed by atoms with Gasteiger partial charge in [0.2, 0.25) is 0 Å². The summed E-state index contributed by atoms with van der Waals surface area (Å²) in [5.41, 5.74) is 2.59. The Balaban J connectivity index is 1.47. The van der Waals surface area contributed by atoms with E-state index in [0.717, 1.165) is 44.1 Å². The minimum absolute atomic E-state index is 0.0481. The highest BCUT2D eigenvalue weighted by atomic mass is 16.5. The number of carboxylic acids is 1. The third-order valence-electron chi connectivity index (χ3n) is 7.56. The SMILES string of the molecule is CC1(/C=C/C=C/C(O)CCC2(CC#Cc3ccccc3)CCC2)CCCC/C1=C\COCC(=O)O. The molecule has 2 atom stereocenters. The molecule has 0 amide bonds. The lowest BCUT2D eigenvalue weighted by molar-refractivity contribution is -0.141. The van der Waals surface area contributed by atoms with Gasteiger partial charge >= 0.3 is 5.97 Å². The zero-order valence-corrected chi connectivity index (χ0v) is 21.0. The minimum atomic E-state index is -0.943. The fourth-order valence-corrected chi connectivity index (χ4v) is 5.14. The number of ether oxygens (including phenoxy) is 1. The number of rotatable bonds is 11. The molecule has 0 bridgehead atoms. The van der Waals surface area contributed by atoms with Crippen molar-refractivity contribution in [3.8, 4) is 11.8 Å². The van der Waals surface area contributed by atoms with Crippen molar-refractivity contribution in [2.45, 2.75) is 77.2 Å². The molecule has 2 aliphatic carbocycles. The molecule has 0 saturated heterocycles. The summed E-state index contributed by atoms with van der Waals surface area (Å²) < 4.78 is 5.21. The highest BCUT2D eigenvalue weighted by Crippen LogP contribution is 2.47. The predicted octanol–water partition coefficient (Wildman–Crippen LogP) is 6.46. The van der Waals surface area contributed by atoms with Crippen molar-refractivity contribution in [3.63, 3.8) is 0 Å². The molecule has 2 saturated carbocycles. The molecule has 0 aliphatic heterocycles. The van der Waals surface area contributed by atoms with Crippen LogP contribution in [-0.4, -0.2) is 35.5 Å². The monoisotopic (exact) mass is 476 g/mol. The van der Waals surface area contributed by atoms with Crippen molar-refractivity contribution in [2.75, 3.05) is 13.2 Å². The Bertz CT molecular complexity index is 959. The summed E-state index contributed by atoms with van der Waals surface area (Å²) in [6, 6.07) is 10.1. The molecule has 2 fully saturated rings. The molecule has 0 heterocycles. The van der Waals surface area contributed by atoms with Gasteiger partial charge in [0.25, 0.3) is 0 Å². The molecule has 35 heavy (non-hydrogen) atoms. The zero-order chi connectivity index (χ0) is 25.0. The Morgan fingerprint density at radius 3 is 2.66 bits per heavy atom. The standard InChI is InChI=1S/C31H40O4/c1-30(18-7-5-14-27(30)17-24-35-25-29(33)34)19-8-6-15-28(32)16-23-31(21-10-22-31)20-9-13-26-11-3-2-4-12-26/h2-4,6,8,11-12,15,17,19,28,32H,5,7,10,14,16,18,20-25H2,1H3,(H,33,34)/b15-6+,19-8+,27-17+. The second-order valence-electron chi connectivity index (χ2n) is 10.3. The van der Waals surface area contributed by atoms with Crippen LogP contribution < -0.4 is 0 Å². The zero-order valence-electron chi connectivity index (χ0n) is 21.0. The van der Waals surface area contributed by atoms with Crippen molar-refractivity contribution in [1.82, 2.24) is 0 Å². The number of hydrogen-bond acceptors (Lipinski definition) is 3. The molecule has 2 N–H and O–H groups in total. The molecular formula is C31H40O4. The first-order chi connectivity index (χ1) is 16.9. The number of aliphatic hydroxyl groups is 1. The molecule has 3 rings (SSSR count). The van der Waals surface area contributed by atoms with Gasteiger partial charge in [-0.15, -0.1) is 0 Å². The van der Waals surface area contributed by atoms with E-state index in [1.165, 1.54) is 31.3 Å². The van der Waals surface area contributed by atoms with Gasteiger partial charge in [-0.05, 0) is 62.5 Å². The van der Waals surface area contributed by atoms with E-state index < -0.39 is 12.1 Å². The van der Waals surface area contributed by atoms with E-state index >= 15 is 0 Å². The minimum Gasteiger partial charge on any atom is -0.480 e. The van der Waals surface area contributed by atoms with Gasteiger partial charge in [-0.25, -0.2) is 4.79 Å². The van der Waals surface area contributed by atoms with E-state index in [4.69, 9.17) is 9.84 Å². The van der Waals surface area contributed by atoms with Crippen LogP contribution in [0, 0.1) is 22.7 Å². The van der Waals surface area contributed by atoms with Crippen LogP contribution in [0.3, 0.4) is 0 Å². The highest BCUT2D eigenvalue weighted by Gasteiger charge is 2.36. The average Bonchev–Trinajstić information content (AvgIpc) is 2.82. The number of allylic oxidation sites excluding steroid dienone is 4. The van der Waals surface area contributed by atoms with Crippen LogP contribution in [0.5, 0.6) is 0 Å². The largest absolute Gasteiger partial charge is 0.480 e. The Kier molecular flexibility index (Phi) is 10.4. The van der Waals surface area contributed by atoms with Gasteiger partial charge < -0.3 is 14.9 Å². The van der Waals surface area contributed by atoms with Gasteiger partial charge in [0.05, 0.1) is 12.7 Å². The summed E-state index contributed by atoms with van der Waals surface area (Å²) in [5.74, 6) is 5.72. The number of aliphatic hydroxyl groups excluding tert-OH is 1. The normalized spacial score (nSPS) is 23.7. The molecule has 1 aromatic carbocycles.